The number of hydrogen-bond acceptors (Lipinski definition) is 3. The van der Waals surface area contributed by atoms with Gasteiger partial charge < -0.3 is 9.84 Å². The van der Waals surface area contributed by atoms with Gasteiger partial charge in [-0.3, -0.25) is 4.79 Å². The van der Waals surface area contributed by atoms with Crippen molar-refractivity contribution in [1.29, 1.82) is 0 Å². The lowest BCUT2D eigenvalue weighted by Crippen LogP contribution is -1.99. The molecule has 0 aromatic carbocycles. The molecule has 3 heteroatoms. The number of carbonyl (C=O) groups is 1. The summed E-state index contributed by atoms with van der Waals surface area (Å²) in [5.41, 5.74) is 0. The number of carbonyl (C=O) groups excluding carboxylic acids is 1. The summed E-state index contributed by atoms with van der Waals surface area (Å²) < 4.78 is 4.58. The third-order valence-electron chi connectivity index (χ3n) is 2.71. The quantitative estimate of drug-likeness (QED) is 0.475. The predicted octanol–water partition coefficient (Wildman–Crippen LogP) is 4.08. The van der Waals surface area contributed by atoms with Crippen molar-refractivity contribution in [3.63, 3.8) is 0 Å². The van der Waals surface area contributed by atoms with Gasteiger partial charge in [-0.15, -0.1) is 0 Å². The first-order chi connectivity index (χ1) is 8.72. The smallest absolute Gasteiger partial charge is 0.305 e. The van der Waals surface area contributed by atoms with Gasteiger partial charge in [0.15, 0.2) is 0 Å². The Morgan fingerprint density at radius 1 is 0.889 bits per heavy atom. The molecule has 0 spiro atoms. The molecule has 0 saturated heterocycles. The van der Waals surface area contributed by atoms with Gasteiger partial charge in [0.2, 0.25) is 0 Å². The maximum absolute atomic E-state index is 10.8. The first-order valence-corrected chi connectivity index (χ1v) is 7.40. The molecular weight excluding hydrogens is 228 g/mol. The molecule has 0 unspecified atom stereocenters. The van der Waals surface area contributed by atoms with Gasteiger partial charge in [-0.05, 0) is 13.3 Å². The zero-order valence-electron chi connectivity index (χ0n) is 12.5. The van der Waals surface area contributed by atoms with E-state index in [1.54, 1.807) is 6.92 Å². The van der Waals surface area contributed by atoms with Gasteiger partial charge in [-0.1, -0.05) is 58.3 Å². The summed E-state index contributed by atoms with van der Waals surface area (Å²) in [6.07, 6.45) is 12.2. The largest absolute Gasteiger partial charge is 0.469 e. The van der Waals surface area contributed by atoms with Gasteiger partial charge >= 0.3 is 5.97 Å². The minimum absolute atomic E-state index is 0.0713. The highest BCUT2D eigenvalue weighted by Crippen LogP contribution is 2.10. The summed E-state index contributed by atoms with van der Waals surface area (Å²) in [6.45, 7) is 4.17. The van der Waals surface area contributed by atoms with Crippen molar-refractivity contribution >= 4 is 5.97 Å². The molecule has 0 amide bonds. The molecule has 0 fully saturated rings. The van der Waals surface area contributed by atoms with Crippen LogP contribution in [0, 0.1) is 0 Å². The van der Waals surface area contributed by atoms with Gasteiger partial charge in [0.25, 0.3) is 0 Å². The van der Waals surface area contributed by atoms with Crippen molar-refractivity contribution in [3.05, 3.63) is 0 Å². The minimum Gasteiger partial charge on any atom is -0.469 e. The molecule has 0 aromatic heterocycles. The molecule has 0 radical (unpaired) electrons. The SMILES string of the molecule is CCCCCCCCCCCC(=O)OC.CCO. The van der Waals surface area contributed by atoms with E-state index in [1.165, 1.54) is 58.5 Å². The Balaban J connectivity index is 0. The standard InChI is InChI=1S/C13H26O2.C2H6O/c1-3-4-5-6-7-8-9-10-11-12-13(14)15-2;1-2-3/h3-12H2,1-2H3;3H,2H2,1H3. The van der Waals surface area contributed by atoms with Crippen LogP contribution in [0.1, 0.15) is 78.1 Å². The number of aliphatic hydroxyl groups is 1. The van der Waals surface area contributed by atoms with Crippen LogP contribution in [0.4, 0.5) is 0 Å². The number of unbranched alkanes of at least 4 members (excludes halogenated alkanes) is 8. The van der Waals surface area contributed by atoms with Gasteiger partial charge in [-0.2, -0.15) is 0 Å². The molecule has 18 heavy (non-hydrogen) atoms. The van der Waals surface area contributed by atoms with Crippen LogP contribution in [0.25, 0.3) is 0 Å². The van der Waals surface area contributed by atoms with Crippen LogP contribution >= 0.6 is 0 Å². The lowest BCUT2D eigenvalue weighted by Gasteiger charge is -2.01. The molecular formula is C15H32O3. The summed E-state index contributed by atoms with van der Waals surface area (Å²) in [5, 5.41) is 7.57. The van der Waals surface area contributed by atoms with Crippen molar-refractivity contribution < 1.29 is 14.6 Å². The van der Waals surface area contributed by atoms with E-state index in [0.29, 0.717) is 6.42 Å². The fourth-order valence-corrected chi connectivity index (χ4v) is 1.68. The normalized spacial score (nSPS) is 9.56. The molecule has 0 rings (SSSR count). The Morgan fingerprint density at radius 3 is 1.67 bits per heavy atom. The Labute approximate surface area is 113 Å². The van der Waals surface area contributed by atoms with E-state index in [4.69, 9.17) is 5.11 Å². The summed E-state index contributed by atoms with van der Waals surface area (Å²) in [6, 6.07) is 0. The molecule has 0 heterocycles. The van der Waals surface area contributed by atoms with Crippen LogP contribution in [-0.2, 0) is 9.53 Å². The van der Waals surface area contributed by atoms with Gasteiger partial charge in [0.1, 0.15) is 0 Å². The predicted molar refractivity (Wildman–Crippen MR) is 76.6 cm³/mol. The van der Waals surface area contributed by atoms with Crippen molar-refractivity contribution in [2.75, 3.05) is 13.7 Å². The van der Waals surface area contributed by atoms with Crippen LogP contribution in [0.2, 0.25) is 0 Å². The van der Waals surface area contributed by atoms with Crippen molar-refractivity contribution in [3.8, 4) is 0 Å². The summed E-state index contributed by atoms with van der Waals surface area (Å²) in [7, 11) is 1.45. The summed E-state index contributed by atoms with van der Waals surface area (Å²) in [4.78, 5) is 10.8. The molecule has 0 aromatic rings. The second-order valence-corrected chi connectivity index (χ2v) is 4.47. The molecule has 3 nitrogen and oxygen atoms in total. The summed E-state index contributed by atoms with van der Waals surface area (Å²) >= 11 is 0. The third kappa shape index (κ3) is 20.8. The second kappa shape index (κ2) is 18.8. The number of rotatable bonds is 10. The lowest BCUT2D eigenvalue weighted by molar-refractivity contribution is -0.140. The molecule has 1 N–H and O–H groups in total. The van der Waals surface area contributed by atoms with Crippen LogP contribution < -0.4 is 0 Å². The molecule has 110 valence electrons. The Bertz CT molecular complexity index is 158. The van der Waals surface area contributed by atoms with Crippen LogP contribution in [-0.4, -0.2) is 24.8 Å². The van der Waals surface area contributed by atoms with Crippen molar-refractivity contribution in [2.45, 2.75) is 78.1 Å². The Kier molecular flexibility index (Phi) is 20.6. The van der Waals surface area contributed by atoms with Gasteiger partial charge in [0.05, 0.1) is 7.11 Å². The minimum atomic E-state index is -0.0713. The highest BCUT2D eigenvalue weighted by Gasteiger charge is 1.98. The molecule has 0 aliphatic heterocycles. The Hall–Kier alpha value is -0.570. The van der Waals surface area contributed by atoms with Gasteiger partial charge in [0, 0.05) is 13.0 Å². The maximum Gasteiger partial charge on any atom is 0.305 e. The number of ether oxygens (including phenoxy) is 1. The fourth-order valence-electron chi connectivity index (χ4n) is 1.68. The van der Waals surface area contributed by atoms with Crippen LogP contribution in [0.3, 0.4) is 0 Å². The zero-order valence-corrected chi connectivity index (χ0v) is 12.5. The molecule has 0 aliphatic carbocycles. The first-order valence-electron chi connectivity index (χ1n) is 7.40. The molecule has 0 aliphatic rings. The Morgan fingerprint density at radius 2 is 1.28 bits per heavy atom. The van der Waals surface area contributed by atoms with E-state index < -0.39 is 0 Å². The number of aliphatic hydroxyl groups excluding tert-OH is 1. The number of hydrogen-bond donors (Lipinski definition) is 1. The van der Waals surface area contributed by atoms with Crippen molar-refractivity contribution in [2.24, 2.45) is 0 Å². The lowest BCUT2D eigenvalue weighted by atomic mass is 10.1. The third-order valence-corrected chi connectivity index (χ3v) is 2.71. The number of esters is 1. The monoisotopic (exact) mass is 260 g/mol. The van der Waals surface area contributed by atoms with Gasteiger partial charge in [-0.25, -0.2) is 0 Å². The van der Waals surface area contributed by atoms with E-state index in [-0.39, 0.29) is 12.6 Å². The molecule has 0 atom stereocenters. The van der Waals surface area contributed by atoms with E-state index in [1.807, 2.05) is 0 Å². The number of methoxy groups -OCH3 is 1. The average Bonchev–Trinajstić information content (AvgIpc) is 2.37. The molecule has 0 saturated carbocycles. The van der Waals surface area contributed by atoms with E-state index in [0.717, 1.165) is 6.42 Å². The molecule has 0 bridgehead atoms. The fraction of sp³-hybridized carbons (Fsp3) is 0.933. The second-order valence-electron chi connectivity index (χ2n) is 4.47. The highest BCUT2D eigenvalue weighted by molar-refractivity contribution is 5.68. The van der Waals surface area contributed by atoms with E-state index in [9.17, 15) is 4.79 Å². The first kappa shape index (κ1) is 19.8. The topological polar surface area (TPSA) is 46.5 Å². The highest BCUT2D eigenvalue weighted by atomic mass is 16.5. The van der Waals surface area contributed by atoms with E-state index >= 15 is 0 Å². The van der Waals surface area contributed by atoms with E-state index in [2.05, 4.69) is 11.7 Å². The van der Waals surface area contributed by atoms with Crippen LogP contribution in [0.15, 0.2) is 0 Å². The zero-order chi connectivity index (χ0) is 14.1. The van der Waals surface area contributed by atoms with Crippen molar-refractivity contribution in [1.82, 2.24) is 0 Å². The maximum atomic E-state index is 10.8. The van der Waals surface area contributed by atoms with Crippen LogP contribution in [0.5, 0.6) is 0 Å². The summed E-state index contributed by atoms with van der Waals surface area (Å²) in [5.74, 6) is -0.0713. The average molecular weight is 260 g/mol.